The van der Waals surface area contributed by atoms with Gasteiger partial charge < -0.3 is 31.2 Å². The molecule has 2 aromatic heterocycles. The first kappa shape index (κ1) is 26.6. The van der Waals surface area contributed by atoms with Gasteiger partial charge in [-0.15, -0.1) is 0 Å². The minimum atomic E-state index is -0.282. The summed E-state index contributed by atoms with van der Waals surface area (Å²) in [5, 5.41) is 10.5. The lowest BCUT2D eigenvalue weighted by Gasteiger charge is -2.33. The number of hydrogen-bond acceptors (Lipinski definition) is 8. The molecule has 1 aliphatic carbocycles. The molecule has 1 saturated carbocycles. The number of ether oxygens (including phenoxy) is 2. The molecule has 196 valence electrons. The Kier molecular flexibility index (Phi) is 9.36. The highest BCUT2D eigenvalue weighted by Gasteiger charge is 2.28. The maximum absolute atomic E-state index is 11.6. The zero-order valence-electron chi connectivity index (χ0n) is 20.9. The molecule has 0 bridgehead atoms. The molecule has 9 nitrogen and oxygen atoms in total. The highest BCUT2D eigenvalue weighted by Crippen LogP contribution is 2.31. The van der Waals surface area contributed by atoms with Crippen LogP contribution in [0, 0.1) is 5.92 Å². The molecule has 0 atom stereocenters. The smallest absolute Gasteiger partial charge is 0.245 e. The third-order valence-corrected chi connectivity index (χ3v) is 7.35. The molecule has 1 amide bonds. The molecule has 0 spiro atoms. The second kappa shape index (κ2) is 12.7. The summed E-state index contributed by atoms with van der Waals surface area (Å²) in [5.41, 5.74) is 7.84. The number of nitrogens with one attached hydrogen (secondary N) is 3. The molecule has 36 heavy (non-hydrogen) atoms. The van der Waals surface area contributed by atoms with Crippen LogP contribution in [0.15, 0.2) is 30.5 Å². The molecule has 1 saturated heterocycles. The van der Waals surface area contributed by atoms with E-state index < -0.39 is 0 Å². The summed E-state index contributed by atoms with van der Waals surface area (Å²) < 4.78 is 10.3. The number of pyridine rings is 2. The van der Waals surface area contributed by atoms with Crippen molar-refractivity contribution in [3.8, 4) is 11.3 Å². The first-order valence-corrected chi connectivity index (χ1v) is 13.1. The van der Waals surface area contributed by atoms with Gasteiger partial charge in [-0.1, -0.05) is 17.7 Å². The third kappa shape index (κ3) is 7.52. The zero-order valence-corrected chi connectivity index (χ0v) is 21.7. The van der Waals surface area contributed by atoms with E-state index in [4.69, 9.17) is 31.8 Å². The predicted octanol–water partition coefficient (Wildman–Crippen LogP) is 3.45. The van der Waals surface area contributed by atoms with Crippen LogP contribution in [0.1, 0.15) is 38.5 Å². The largest absolute Gasteiger partial charge is 0.381 e. The molecule has 1 aliphatic heterocycles. The van der Waals surface area contributed by atoms with E-state index in [1.54, 1.807) is 6.20 Å². The van der Waals surface area contributed by atoms with Gasteiger partial charge in [0.15, 0.2) is 0 Å². The van der Waals surface area contributed by atoms with E-state index in [-0.39, 0.29) is 18.1 Å². The van der Waals surface area contributed by atoms with Crippen molar-refractivity contribution in [2.45, 2.75) is 50.1 Å². The van der Waals surface area contributed by atoms with Gasteiger partial charge in [0, 0.05) is 56.8 Å². The van der Waals surface area contributed by atoms with Gasteiger partial charge in [-0.2, -0.15) is 0 Å². The number of carbonyl (C=O) groups excluding carboxylic acids is 1. The van der Waals surface area contributed by atoms with Crippen LogP contribution in [0.25, 0.3) is 11.3 Å². The van der Waals surface area contributed by atoms with Crippen molar-refractivity contribution >= 4 is 29.1 Å². The van der Waals surface area contributed by atoms with Gasteiger partial charge in [0.2, 0.25) is 5.91 Å². The van der Waals surface area contributed by atoms with Crippen molar-refractivity contribution in [2.24, 2.45) is 11.7 Å². The van der Waals surface area contributed by atoms with E-state index in [2.05, 4.69) is 20.9 Å². The van der Waals surface area contributed by atoms with Gasteiger partial charge in [-0.05, 0) is 62.6 Å². The lowest BCUT2D eigenvalue weighted by atomic mass is 9.86. The number of methoxy groups -OCH3 is 1. The van der Waals surface area contributed by atoms with Crippen molar-refractivity contribution in [1.82, 2.24) is 15.3 Å². The lowest BCUT2D eigenvalue weighted by Crippen LogP contribution is -2.50. The average molecular weight is 517 g/mol. The maximum Gasteiger partial charge on any atom is 0.245 e. The topological polar surface area (TPSA) is 123 Å². The van der Waals surface area contributed by atoms with Crippen molar-refractivity contribution in [3.63, 3.8) is 0 Å². The summed E-state index contributed by atoms with van der Waals surface area (Å²) in [7, 11) is 1.53. The lowest BCUT2D eigenvalue weighted by molar-refractivity contribution is -0.124. The number of nitrogens with zero attached hydrogens (tertiary/aromatic N) is 2. The fraction of sp³-hybridized carbons (Fsp3) is 0.577. The van der Waals surface area contributed by atoms with Crippen LogP contribution in [-0.4, -0.2) is 67.5 Å². The second-order valence-electron chi connectivity index (χ2n) is 9.88. The minimum absolute atomic E-state index is 0.0605. The number of halogens is 1. The summed E-state index contributed by atoms with van der Waals surface area (Å²) in [6, 6.07) is 8.16. The SMILES string of the molecule is COCC(=O)NCC1CCC(Nc2cc(-c3cccc(NCC4(N)CCOCC4)n3)c(Cl)cn2)CC1. The minimum Gasteiger partial charge on any atom is -0.381 e. The Bertz CT molecular complexity index is 1010. The van der Waals surface area contributed by atoms with Crippen LogP contribution in [0.4, 0.5) is 11.6 Å². The Morgan fingerprint density at radius 3 is 2.75 bits per heavy atom. The van der Waals surface area contributed by atoms with Crippen LogP contribution in [0.5, 0.6) is 0 Å². The monoisotopic (exact) mass is 516 g/mol. The first-order valence-electron chi connectivity index (χ1n) is 12.7. The molecular weight excluding hydrogens is 480 g/mol. The van der Waals surface area contributed by atoms with Gasteiger partial charge in [0.1, 0.15) is 18.2 Å². The zero-order chi connectivity index (χ0) is 25.4. The van der Waals surface area contributed by atoms with Crippen LogP contribution < -0.4 is 21.7 Å². The molecule has 2 aliphatic rings. The summed E-state index contributed by atoms with van der Waals surface area (Å²) in [6.45, 7) is 2.84. The molecule has 3 heterocycles. The van der Waals surface area contributed by atoms with Crippen LogP contribution in [0.3, 0.4) is 0 Å². The molecule has 2 aromatic rings. The molecular formula is C26H37ClN6O3. The fourth-order valence-corrected chi connectivity index (χ4v) is 4.98. The van der Waals surface area contributed by atoms with E-state index in [1.165, 1.54) is 7.11 Å². The van der Waals surface area contributed by atoms with E-state index in [1.807, 2.05) is 24.3 Å². The summed E-state index contributed by atoms with van der Waals surface area (Å²) >= 11 is 6.52. The first-order chi connectivity index (χ1) is 17.4. The molecule has 2 fully saturated rings. The van der Waals surface area contributed by atoms with Crippen molar-refractivity contribution in [2.75, 3.05) is 50.7 Å². The molecule has 5 N–H and O–H groups in total. The Labute approximate surface area is 217 Å². The highest BCUT2D eigenvalue weighted by atomic mass is 35.5. The van der Waals surface area contributed by atoms with Gasteiger partial charge in [0.25, 0.3) is 0 Å². The molecule has 4 rings (SSSR count). The quantitative estimate of drug-likeness (QED) is 0.378. The molecule has 10 heteroatoms. The number of amides is 1. The Morgan fingerprint density at radius 1 is 1.22 bits per heavy atom. The van der Waals surface area contributed by atoms with Crippen molar-refractivity contribution in [3.05, 3.63) is 35.5 Å². The predicted molar refractivity (Wildman–Crippen MR) is 142 cm³/mol. The van der Waals surface area contributed by atoms with Gasteiger partial charge >= 0.3 is 0 Å². The second-order valence-corrected chi connectivity index (χ2v) is 10.3. The third-order valence-electron chi connectivity index (χ3n) is 7.05. The maximum atomic E-state index is 11.6. The van der Waals surface area contributed by atoms with Crippen molar-refractivity contribution in [1.29, 1.82) is 0 Å². The normalized spacial score (nSPS) is 21.5. The number of hydrogen-bond donors (Lipinski definition) is 4. The van der Waals surface area contributed by atoms with E-state index in [9.17, 15) is 4.79 Å². The molecule has 0 unspecified atom stereocenters. The summed E-state index contributed by atoms with van der Waals surface area (Å²) in [4.78, 5) is 20.9. The van der Waals surface area contributed by atoms with Crippen LogP contribution in [-0.2, 0) is 14.3 Å². The average Bonchev–Trinajstić information content (AvgIpc) is 2.89. The van der Waals surface area contributed by atoms with Gasteiger partial charge in [0.05, 0.1) is 10.7 Å². The van der Waals surface area contributed by atoms with Gasteiger partial charge in [-0.25, -0.2) is 9.97 Å². The van der Waals surface area contributed by atoms with E-state index in [0.717, 1.165) is 61.4 Å². The van der Waals surface area contributed by atoms with Gasteiger partial charge in [-0.3, -0.25) is 4.79 Å². The fourth-order valence-electron chi connectivity index (χ4n) is 4.78. The molecule has 0 radical (unpaired) electrons. The number of anilines is 2. The van der Waals surface area contributed by atoms with Crippen molar-refractivity contribution < 1.29 is 14.3 Å². The standard InChI is InChI=1S/C26H37ClN6O3/c1-35-16-25(34)30-14-18-5-7-19(8-6-18)32-24-13-20(21(27)15-29-24)22-3-2-4-23(33-22)31-17-26(28)9-11-36-12-10-26/h2-4,13,15,18-19H,5-12,14,16-17,28H2,1H3,(H,29,32)(H,30,34)(H,31,33). The number of nitrogens with two attached hydrogens (primary N) is 1. The summed E-state index contributed by atoms with van der Waals surface area (Å²) in [5.74, 6) is 1.98. The van der Waals surface area contributed by atoms with E-state index in [0.29, 0.717) is 43.3 Å². The Morgan fingerprint density at radius 2 is 2.00 bits per heavy atom. The Hall–Kier alpha value is -2.46. The summed E-state index contributed by atoms with van der Waals surface area (Å²) in [6.07, 6.45) is 7.48. The van der Waals surface area contributed by atoms with E-state index >= 15 is 0 Å². The highest BCUT2D eigenvalue weighted by molar-refractivity contribution is 6.33. The number of carbonyl (C=O) groups is 1. The molecule has 0 aromatic carbocycles. The number of aromatic nitrogens is 2. The number of rotatable bonds is 10. The Balaban J connectivity index is 1.33. The van der Waals surface area contributed by atoms with Crippen LogP contribution in [0.2, 0.25) is 5.02 Å². The van der Waals surface area contributed by atoms with Crippen LogP contribution >= 0.6 is 11.6 Å².